The van der Waals surface area contributed by atoms with Gasteiger partial charge in [0.05, 0.1) is 12.7 Å². The summed E-state index contributed by atoms with van der Waals surface area (Å²) in [6, 6.07) is 1.73. The van der Waals surface area contributed by atoms with Crippen molar-refractivity contribution in [2.75, 3.05) is 46.4 Å². The molecule has 2 saturated heterocycles. The van der Waals surface area contributed by atoms with Crippen molar-refractivity contribution in [3.63, 3.8) is 0 Å². The molecule has 0 amide bonds. The van der Waals surface area contributed by atoms with Crippen LogP contribution in [0.1, 0.15) is 19.3 Å². The molecule has 0 aromatic carbocycles. The van der Waals surface area contributed by atoms with Crippen LogP contribution < -0.4 is 5.32 Å². The van der Waals surface area contributed by atoms with E-state index in [4.69, 9.17) is 4.74 Å². The van der Waals surface area contributed by atoms with E-state index in [0.717, 1.165) is 38.3 Å². The molecule has 2 heterocycles. The molecule has 3 fully saturated rings. The van der Waals surface area contributed by atoms with Crippen molar-refractivity contribution in [2.24, 2.45) is 0 Å². The van der Waals surface area contributed by atoms with Crippen LogP contribution in [0.3, 0.4) is 0 Å². The lowest BCUT2D eigenvalue weighted by molar-refractivity contribution is -0.0397. The molecule has 98 valence electrons. The van der Waals surface area contributed by atoms with Gasteiger partial charge in [-0.05, 0) is 26.3 Å². The predicted octanol–water partition coefficient (Wildman–Crippen LogP) is 0.143. The maximum atomic E-state index is 5.78. The highest BCUT2D eigenvalue weighted by molar-refractivity contribution is 4.93. The third kappa shape index (κ3) is 2.81. The molecule has 0 aromatic heterocycles. The Bertz CT molecular complexity index is 255. The third-order valence-electron chi connectivity index (χ3n) is 4.38. The Morgan fingerprint density at radius 3 is 2.65 bits per heavy atom. The van der Waals surface area contributed by atoms with Gasteiger partial charge in [0.2, 0.25) is 0 Å². The van der Waals surface area contributed by atoms with Crippen molar-refractivity contribution in [2.45, 2.75) is 37.5 Å². The largest absolute Gasteiger partial charge is 0.374 e. The van der Waals surface area contributed by atoms with Crippen LogP contribution in [0, 0.1) is 0 Å². The number of ether oxygens (including phenoxy) is 1. The van der Waals surface area contributed by atoms with Gasteiger partial charge >= 0.3 is 0 Å². The van der Waals surface area contributed by atoms with Crippen LogP contribution in [0.4, 0.5) is 0 Å². The van der Waals surface area contributed by atoms with E-state index >= 15 is 0 Å². The van der Waals surface area contributed by atoms with Crippen molar-refractivity contribution >= 4 is 0 Å². The molecular weight excluding hydrogens is 214 g/mol. The molecule has 1 N–H and O–H groups in total. The van der Waals surface area contributed by atoms with Crippen molar-refractivity contribution in [3.05, 3.63) is 0 Å². The van der Waals surface area contributed by atoms with Crippen molar-refractivity contribution in [3.8, 4) is 0 Å². The fraction of sp³-hybridized carbons (Fsp3) is 1.00. The van der Waals surface area contributed by atoms with Crippen molar-refractivity contribution in [1.29, 1.82) is 0 Å². The minimum Gasteiger partial charge on any atom is -0.374 e. The average molecular weight is 239 g/mol. The second kappa shape index (κ2) is 5.22. The average Bonchev–Trinajstić information content (AvgIpc) is 3.08. The Labute approximate surface area is 104 Å². The topological polar surface area (TPSA) is 27.7 Å². The fourth-order valence-electron chi connectivity index (χ4n) is 3.26. The standard InChI is InChI=1S/C13H25N3O/c1-14-8-13-10-16(6-7-17-13)12-4-5-15(9-12)11-2-3-11/h11-14H,2-10H2,1H3. The summed E-state index contributed by atoms with van der Waals surface area (Å²) in [7, 11) is 2.01. The second-order valence-corrected chi connectivity index (χ2v) is 5.71. The van der Waals surface area contributed by atoms with Gasteiger partial charge in [-0.3, -0.25) is 9.80 Å². The molecule has 2 atom stereocenters. The highest BCUT2D eigenvalue weighted by Gasteiger charge is 2.37. The monoisotopic (exact) mass is 239 g/mol. The first-order valence-electron chi connectivity index (χ1n) is 7.11. The molecule has 0 radical (unpaired) electrons. The molecular formula is C13H25N3O. The summed E-state index contributed by atoms with van der Waals surface area (Å²) in [5.74, 6) is 0. The van der Waals surface area contributed by atoms with Gasteiger partial charge in [-0.15, -0.1) is 0 Å². The van der Waals surface area contributed by atoms with Gasteiger partial charge in [0, 0.05) is 44.8 Å². The normalized spacial score (nSPS) is 36.5. The van der Waals surface area contributed by atoms with E-state index in [1.165, 1.54) is 32.4 Å². The number of hydrogen-bond acceptors (Lipinski definition) is 4. The summed E-state index contributed by atoms with van der Waals surface area (Å²) < 4.78 is 5.78. The molecule has 0 aromatic rings. The number of rotatable bonds is 4. The minimum absolute atomic E-state index is 0.392. The zero-order valence-electron chi connectivity index (χ0n) is 10.9. The van der Waals surface area contributed by atoms with Crippen LogP contribution in [-0.2, 0) is 4.74 Å². The van der Waals surface area contributed by atoms with Gasteiger partial charge in [-0.1, -0.05) is 0 Å². The highest BCUT2D eigenvalue weighted by Crippen LogP contribution is 2.31. The Hall–Kier alpha value is -0.160. The molecule has 4 nitrogen and oxygen atoms in total. The van der Waals surface area contributed by atoms with Crippen LogP contribution in [-0.4, -0.2) is 74.4 Å². The van der Waals surface area contributed by atoms with E-state index < -0.39 is 0 Å². The van der Waals surface area contributed by atoms with E-state index in [0.29, 0.717) is 6.10 Å². The fourth-order valence-corrected chi connectivity index (χ4v) is 3.26. The first kappa shape index (κ1) is 11.9. The highest BCUT2D eigenvalue weighted by atomic mass is 16.5. The van der Waals surface area contributed by atoms with Crippen LogP contribution in [0.2, 0.25) is 0 Å². The number of nitrogens with zero attached hydrogens (tertiary/aromatic N) is 2. The molecule has 2 unspecified atom stereocenters. The number of morpholine rings is 1. The molecule has 0 spiro atoms. The Morgan fingerprint density at radius 1 is 1.06 bits per heavy atom. The van der Waals surface area contributed by atoms with Gasteiger partial charge in [0.1, 0.15) is 0 Å². The van der Waals surface area contributed by atoms with Crippen molar-refractivity contribution in [1.82, 2.24) is 15.1 Å². The molecule has 1 aliphatic carbocycles. The van der Waals surface area contributed by atoms with Gasteiger partial charge in [-0.2, -0.15) is 0 Å². The first-order valence-corrected chi connectivity index (χ1v) is 7.11. The van der Waals surface area contributed by atoms with Gasteiger partial charge in [0.25, 0.3) is 0 Å². The van der Waals surface area contributed by atoms with Gasteiger partial charge in [-0.25, -0.2) is 0 Å². The minimum atomic E-state index is 0.392. The quantitative estimate of drug-likeness (QED) is 0.755. The maximum Gasteiger partial charge on any atom is 0.0826 e. The Balaban J connectivity index is 1.50. The van der Waals surface area contributed by atoms with Crippen LogP contribution in [0.25, 0.3) is 0 Å². The Kier molecular flexibility index (Phi) is 3.66. The number of likely N-dealkylation sites (tertiary alicyclic amines) is 1. The van der Waals surface area contributed by atoms with E-state index in [2.05, 4.69) is 15.1 Å². The molecule has 1 saturated carbocycles. The summed E-state index contributed by atoms with van der Waals surface area (Å²) in [6.45, 7) is 6.76. The number of hydrogen-bond donors (Lipinski definition) is 1. The lowest BCUT2D eigenvalue weighted by atomic mass is 10.1. The maximum absolute atomic E-state index is 5.78. The Morgan fingerprint density at radius 2 is 1.88 bits per heavy atom. The van der Waals surface area contributed by atoms with Crippen LogP contribution in [0.5, 0.6) is 0 Å². The smallest absolute Gasteiger partial charge is 0.0826 e. The molecule has 17 heavy (non-hydrogen) atoms. The molecule has 2 aliphatic heterocycles. The SMILES string of the molecule is CNCC1CN(C2CCN(C3CC3)C2)CCO1. The predicted molar refractivity (Wildman–Crippen MR) is 68.2 cm³/mol. The van der Waals surface area contributed by atoms with E-state index in [9.17, 15) is 0 Å². The zero-order chi connectivity index (χ0) is 11.7. The molecule has 3 rings (SSSR count). The number of likely N-dealkylation sites (N-methyl/N-ethyl adjacent to an activating group) is 1. The van der Waals surface area contributed by atoms with E-state index in [1.807, 2.05) is 7.05 Å². The van der Waals surface area contributed by atoms with Gasteiger partial charge in [0.15, 0.2) is 0 Å². The lowest BCUT2D eigenvalue weighted by Gasteiger charge is -2.36. The van der Waals surface area contributed by atoms with Gasteiger partial charge < -0.3 is 10.1 Å². The zero-order valence-corrected chi connectivity index (χ0v) is 10.9. The third-order valence-corrected chi connectivity index (χ3v) is 4.38. The first-order chi connectivity index (χ1) is 8.36. The summed E-state index contributed by atoms with van der Waals surface area (Å²) in [6.07, 6.45) is 4.64. The molecule has 3 aliphatic rings. The molecule has 0 bridgehead atoms. The number of nitrogens with one attached hydrogen (secondary N) is 1. The van der Waals surface area contributed by atoms with Crippen LogP contribution in [0.15, 0.2) is 0 Å². The summed E-state index contributed by atoms with van der Waals surface area (Å²) in [5.41, 5.74) is 0. The lowest BCUT2D eigenvalue weighted by Crippen LogP contribution is -2.51. The second-order valence-electron chi connectivity index (χ2n) is 5.71. The summed E-state index contributed by atoms with van der Waals surface area (Å²) in [4.78, 5) is 5.36. The summed E-state index contributed by atoms with van der Waals surface area (Å²) >= 11 is 0. The molecule has 4 heteroatoms. The van der Waals surface area contributed by atoms with E-state index in [1.54, 1.807) is 0 Å². The van der Waals surface area contributed by atoms with E-state index in [-0.39, 0.29) is 0 Å². The summed E-state index contributed by atoms with van der Waals surface area (Å²) in [5, 5.41) is 3.22. The van der Waals surface area contributed by atoms with Crippen molar-refractivity contribution < 1.29 is 4.74 Å². The van der Waals surface area contributed by atoms with Crippen LogP contribution >= 0.6 is 0 Å².